The lowest BCUT2D eigenvalue weighted by atomic mass is 9.68. The fourth-order valence-corrected chi connectivity index (χ4v) is 17.0. The Hall–Kier alpha value is -10.6. The van der Waals surface area contributed by atoms with Crippen LogP contribution in [-0.4, -0.2) is 147 Å². The number of halogens is 2. The Balaban J connectivity index is 0.000000135. The van der Waals surface area contributed by atoms with Crippen LogP contribution in [0.15, 0.2) is 109 Å². The van der Waals surface area contributed by atoms with E-state index in [1.54, 1.807) is 46.3 Å². The van der Waals surface area contributed by atoms with Crippen molar-refractivity contribution in [3.63, 3.8) is 0 Å². The van der Waals surface area contributed by atoms with Crippen LogP contribution in [0.2, 0.25) is 0 Å². The van der Waals surface area contributed by atoms with Crippen LogP contribution in [0, 0.1) is 11.3 Å². The fourth-order valence-electron chi connectivity index (χ4n) is 17.0. The summed E-state index contributed by atoms with van der Waals surface area (Å²) >= 11 is 0. The lowest BCUT2D eigenvalue weighted by Crippen LogP contribution is -2.54. The number of anilines is 3. The van der Waals surface area contributed by atoms with Gasteiger partial charge in [-0.25, -0.2) is 34.3 Å². The molecule has 7 aromatic heterocycles. The van der Waals surface area contributed by atoms with Gasteiger partial charge in [0.15, 0.2) is 0 Å². The number of carbonyl (C=O) groups is 5. The number of Topliss-reactive ketones (excluding diaryl/α,β-unsaturated/α-hetero) is 1. The molecule has 2 N–H and O–H groups in total. The number of carbonyl (C=O) groups excluding carboxylic acids is 5. The minimum atomic E-state index is -2.94. The second-order valence-electron chi connectivity index (χ2n) is 29.2. The van der Waals surface area contributed by atoms with E-state index in [4.69, 9.17) is 33.6 Å². The van der Waals surface area contributed by atoms with Crippen LogP contribution in [-0.2, 0) is 88.5 Å². The third kappa shape index (κ3) is 15.3. The zero-order valence-corrected chi connectivity index (χ0v) is 61.7. The van der Waals surface area contributed by atoms with Crippen molar-refractivity contribution in [2.24, 2.45) is 11.3 Å². The molecule has 10 aromatic rings. The molecular weight excluding hydrogens is 1370 g/mol. The molecule has 3 aromatic carbocycles. The lowest BCUT2D eigenvalue weighted by molar-refractivity contribution is -0.122. The summed E-state index contributed by atoms with van der Waals surface area (Å²) in [5.41, 5.74) is 12.6. The molecule has 0 radical (unpaired) electrons. The molecule has 564 valence electrons. The lowest BCUT2D eigenvalue weighted by Gasteiger charge is -2.47. The number of alkyl halides is 2. The quantitative estimate of drug-likeness (QED) is 0.0801. The van der Waals surface area contributed by atoms with E-state index in [0.717, 1.165) is 150 Å². The Labute approximate surface area is 618 Å². The number of nitrogens with one attached hydrogen (secondary N) is 2. The van der Waals surface area contributed by atoms with E-state index < -0.39 is 12.7 Å². The molecule has 4 aliphatic heterocycles. The molecule has 3 fully saturated rings. The van der Waals surface area contributed by atoms with Gasteiger partial charge >= 0.3 is 24.9 Å². The fraction of sp³-hybridized carbons (Fsp3) is 0.487. The first kappa shape index (κ1) is 73.3. The Kier molecular flexibility index (Phi) is 21.8. The van der Waals surface area contributed by atoms with Crippen LogP contribution in [0.1, 0.15) is 156 Å². The monoisotopic (exact) mass is 1470 g/mol. The van der Waals surface area contributed by atoms with Gasteiger partial charge in [-0.1, -0.05) is 6.42 Å². The highest BCUT2D eigenvalue weighted by Gasteiger charge is 2.42. The maximum Gasteiger partial charge on any atom is 0.414 e. The average molecular weight is 1470 g/mol. The van der Waals surface area contributed by atoms with Gasteiger partial charge in [0.2, 0.25) is 11.8 Å². The summed E-state index contributed by atoms with van der Waals surface area (Å²) in [5.74, 6) is 3.13. The summed E-state index contributed by atoms with van der Waals surface area (Å²) in [6, 6.07) is 18.2. The van der Waals surface area contributed by atoms with Crippen molar-refractivity contribution in [2.75, 3.05) is 49.1 Å². The van der Waals surface area contributed by atoms with Gasteiger partial charge in [-0.2, -0.15) is 19.0 Å². The highest BCUT2D eigenvalue weighted by Crippen LogP contribution is 2.47. The summed E-state index contributed by atoms with van der Waals surface area (Å²) < 4.78 is 61.1. The molecule has 11 heterocycles. The third-order valence-electron chi connectivity index (χ3n) is 22.6. The predicted octanol–water partition coefficient (Wildman–Crippen LogP) is 12.6. The van der Waals surface area contributed by atoms with E-state index in [1.165, 1.54) is 83.6 Å². The van der Waals surface area contributed by atoms with Gasteiger partial charge in [0, 0.05) is 129 Å². The SMILES string of the molecule is COC(=O)N1c2ccc3c(nc(CCn4cccn4)n3C3CCC4(CC3)CNC4)c2CC[C@@H]1C.COC(=O)N1c2ccc3c(nc(CCn4cccn4)n3CC(=O)NCc3ncco3)c2CC[C@@H]1C.COC(=O)N1c2ccc3c(nc(Cc4cncc(OC(F)F)c4)n3[C@@H]3CCC[C@@H](C(C)=O)C3)c2CC[C@@H]1C. The van der Waals surface area contributed by atoms with E-state index >= 15 is 0 Å². The molecule has 0 bridgehead atoms. The Bertz CT molecular complexity index is 4830. The maximum atomic E-state index is 12.8. The number of hydrogen-bond donors (Lipinski definition) is 2. The number of aromatic nitrogens is 12. The summed E-state index contributed by atoms with van der Waals surface area (Å²) in [4.78, 5) is 91.4. The van der Waals surface area contributed by atoms with Crippen molar-refractivity contribution in [3.8, 4) is 5.75 Å². The van der Waals surface area contributed by atoms with E-state index in [-0.39, 0.29) is 72.8 Å². The van der Waals surface area contributed by atoms with Crippen LogP contribution in [0.4, 0.5) is 40.2 Å². The van der Waals surface area contributed by atoms with E-state index in [0.29, 0.717) is 42.3 Å². The second-order valence-corrected chi connectivity index (χ2v) is 29.2. The molecule has 4 amide bonds. The summed E-state index contributed by atoms with van der Waals surface area (Å²) in [5, 5.41) is 15.0. The number of ether oxygens (including phenoxy) is 4. The number of methoxy groups -OCH3 is 3. The second kappa shape index (κ2) is 31.9. The number of oxazole rings is 1. The maximum absolute atomic E-state index is 12.8. The molecule has 27 nitrogen and oxygen atoms in total. The van der Waals surface area contributed by atoms with Crippen LogP contribution < -0.4 is 30.1 Å². The minimum Gasteiger partial charge on any atom is -0.452 e. The van der Waals surface area contributed by atoms with Crippen LogP contribution in [0.5, 0.6) is 5.75 Å². The molecule has 16 rings (SSSR count). The molecule has 0 unspecified atom stereocenters. The normalized spacial score (nSPS) is 19.6. The average Bonchev–Trinajstić information content (AvgIpc) is 1.64. The summed E-state index contributed by atoms with van der Waals surface area (Å²) in [6.45, 7) is 8.90. The van der Waals surface area contributed by atoms with Crippen LogP contribution in [0.3, 0.4) is 0 Å². The number of nitrogens with zero attached hydrogens (tertiary/aromatic N) is 15. The zero-order chi connectivity index (χ0) is 74.6. The van der Waals surface area contributed by atoms with Gasteiger partial charge in [-0.15, -0.1) is 0 Å². The summed E-state index contributed by atoms with van der Waals surface area (Å²) in [7, 11) is 4.22. The number of benzene rings is 3. The largest absolute Gasteiger partial charge is 0.452 e. The minimum absolute atomic E-state index is 0.00298. The van der Waals surface area contributed by atoms with Crippen LogP contribution in [0.25, 0.3) is 33.1 Å². The number of aryl methyl sites for hydroxylation is 7. The van der Waals surface area contributed by atoms with Crippen molar-refractivity contribution in [3.05, 3.63) is 150 Å². The van der Waals surface area contributed by atoms with Crippen LogP contribution >= 0.6 is 0 Å². The Morgan fingerprint density at radius 2 is 1.18 bits per heavy atom. The van der Waals surface area contributed by atoms with E-state index in [2.05, 4.69) is 63.7 Å². The molecule has 1 spiro atoms. The third-order valence-corrected chi connectivity index (χ3v) is 22.6. The molecule has 2 aliphatic carbocycles. The molecule has 107 heavy (non-hydrogen) atoms. The Morgan fingerprint density at radius 1 is 0.645 bits per heavy atom. The molecule has 6 aliphatic rings. The Morgan fingerprint density at radius 3 is 1.68 bits per heavy atom. The number of amides is 4. The molecule has 2 saturated carbocycles. The molecular formula is C78H93F2N17O10. The number of imidazole rings is 3. The molecule has 5 atom stereocenters. The zero-order valence-electron chi connectivity index (χ0n) is 61.7. The van der Waals surface area contributed by atoms with Gasteiger partial charge in [0.05, 0.1) is 90.4 Å². The highest BCUT2D eigenvalue weighted by molar-refractivity contribution is 5.98. The van der Waals surface area contributed by atoms with Crippen molar-refractivity contribution >= 4 is 80.1 Å². The van der Waals surface area contributed by atoms with Gasteiger partial charge in [-0.3, -0.25) is 38.6 Å². The standard InChI is InChI=1S/C28H32F2N4O4.C26H34N6O2.C24H27N7O4/c1-16-7-8-22-23(33(16)28(36)37-3)9-10-24-26(22)32-25(12-18-11-21(15-31-14-18)38-27(29)30)34(24)20-6-4-5-19(13-20)17(2)35;1-18-4-5-20-21(31(18)25(33)34-2)6-7-22-24(20)29-23(10-15-30-14-3-13-28-30)32(22)19-8-11-26(12-9-19)16-27-17-26;1-16-4-5-17-18(31(16)24(33)34-2)6-7-19-23(17)28-20(8-12-29-11-3-9-27-29)30(19)15-21(32)26-14-22-25-10-13-35-22/h9-11,14-16,19-20,27H,4-8,12-13H2,1-3H3;3,6-7,13-14,18-19,27H,4-5,8-12,15-17H2,1-2H3;3,6-7,9-11,13,16H,4-5,8,12,14-15H2,1-2H3,(H,26,32)/t16-,19+,20+;18-;16-/m000/s1. The van der Waals surface area contributed by atoms with E-state index in [9.17, 15) is 32.8 Å². The van der Waals surface area contributed by atoms with Gasteiger partial charge in [0.25, 0.3) is 0 Å². The number of fused-ring (bicyclic) bond motifs is 9. The number of hydrogen-bond acceptors (Lipinski definition) is 18. The smallest absolute Gasteiger partial charge is 0.414 e. The van der Waals surface area contributed by atoms with Crippen molar-refractivity contribution < 1.29 is 56.1 Å². The van der Waals surface area contributed by atoms with Gasteiger partial charge in [-0.05, 0) is 177 Å². The first-order chi connectivity index (χ1) is 51.9. The van der Waals surface area contributed by atoms with E-state index in [1.807, 2.05) is 82.8 Å². The molecule has 29 heteroatoms. The highest BCUT2D eigenvalue weighted by atomic mass is 19.3. The van der Waals surface area contributed by atoms with Crippen molar-refractivity contribution in [1.29, 1.82) is 0 Å². The molecule has 1 saturated heterocycles. The first-order valence-electron chi connectivity index (χ1n) is 37.3. The summed E-state index contributed by atoms with van der Waals surface area (Å²) in [6.07, 6.45) is 27.4. The van der Waals surface area contributed by atoms with Gasteiger partial charge in [0.1, 0.15) is 41.8 Å². The number of pyridine rings is 1. The first-order valence-corrected chi connectivity index (χ1v) is 37.3. The predicted molar refractivity (Wildman–Crippen MR) is 396 cm³/mol. The number of rotatable bonds is 17. The van der Waals surface area contributed by atoms with Gasteiger partial charge < -0.3 is 47.7 Å². The topological polar surface area (TPSA) is 284 Å². The van der Waals surface area contributed by atoms with Crippen molar-refractivity contribution in [1.82, 2.24) is 68.8 Å². The van der Waals surface area contributed by atoms with Crippen molar-refractivity contribution in [2.45, 2.75) is 200 Å². The number of ketones is 1.